The Hall–Kier alpha value is -3.33. The van der Waals surface area contributed by atoms with Gasteiger partial charge in [0.05, 0.1) is 16.5 Å². The third-order valence-corrected chi connectivity index (χ3v) is 6.83. The SMILES string of the molecule is CN(Cc1ccccc1NC(=O)C1CC(=O)N(c2ccc(F)c([N+](=O)[O-])c2)C1)C1CCCCC1. The van der Waals surface area contributed by atoms with Crippen molar-refractivity contribution in [1.82, 2.24) is 4.90 Å². The number of anilines is 2. The van der Waals surface area contributed by atoms with Crippen molar-refractivity contribution in [2.75, 3.05) is 23.8 Å². The Kier molecular flexibility index (Phi) is 7.21. The average Bonchev–Trinajstić information content (AvgIpc) is 3.22. The highest BCUT2D eigenvalue weighted by molar-refractivity contribution is 6.03. The number of carbonyl (C=O) groups excluding carboxylic acids is 2. The van der Waals surface area contributed by atoms with E-state index in [-0.39, 0.29) is 30.5 Å². The number of nitro benzene ring substituents is 1. The summed E-state index contributed by atoms with van der Waals surface area (Å²) in [6.07, 6.45) is 6.15. The van der Waals surface area contributed by atoms with Gasteiger partial charge in [-0.1, -0.05) is 37.5 Å². The molecule has 2 fully saturated rings. The Labute approximate surface area is 197 Å². The van der Waals surface area contributed by atoms with Gasteiger partial charge in [0.2, 0.25) is 17.6 Å². The van der Waals surface area contributed by atoms with Crippen molar-refractivity contribution in [1.29, 1.82) is 0 Å². The fraction of sp³-hybridized carbons (Fsp3) is 0.440. The Balaban J connectivity index is 1.43. The van der Waals surface area contributed by atoms with Crippen LogP contribution < -0.4 is 10.2 Å². The van der Waals surface area contributed by atoms with Crippen LogP contribution in [0.5, 0.6) is 0 Å². The van der Waals surface area contributed by atoms with Gasteiger partial charge < -0.3 is 10.2 Å². The highest BCUT2D eigenvalue weighted by atomic mass is 19.1. The molecule has 2 aromatic rings. The molecule has 1 saturated heterocycles. The van der Waals surface area contributed by atoms with Crippen molar-refractivity contribution in [3.63, 3.8) is 0 Å². The minimum Gasteiger partial charge on any atom is -0.325 e. The zero-order valence-electron chi connectivity index (χ0n) is 19.2. The molecule has 1 atom stereocenters. The number of rotatable bonds is 7. The van der Waals surface area contributed by atoms with Gasteiger partial charge in [0.15, 0.2) is 0 Å². The summed E-state index contributed by atoms with van der Waals surface area (Å²) in [4.78, 5) is 39.5. The molecule has 1 saturated carbocycles. The maximum Gasteiger partial charge on any atom is 0.306 e. The standard InChI is InChI=1S/C25H29FN4O4/c1-28(19-8-3-2-4-9-19)15-17-7-5-6-10-22(17)27-25(32)18-13-24(31)29(16-18)20-11-12-21(26)23(14-20)30(33)34/h5-7,10-12,14,18-19H,2-4,8-9,13,15-16H2,1H3,(H,27,32). The first-order valence-corrected chi connectivity index (χ1v) is 11.7. The van der Waals surface area contributed by atoms with Gasteiger partial charge in [-0.3, -0.25) is 24.6 Å². The highest BCUT2D eigenvalue weighted by Gasteiger charge is 2.36. The number of benzene rings is 2. The summed E-state index contributed by atoms with van der Waals surface area (Å²) in [5.74, 6) is -2.18. The van der Waals surface area contributed by atoms with E-state index in [9.17, 15) is 24.1 Å². The molecule has 1 unspecified atom stereocenters. The lowest BCUT2D eigenvalue weighted by atomic mass is 9.94. The van der Waals surface area contributed by atoms with Crippen molar-refractivity contribution in [3.05, 3.63) is 64.0 Å². The van der Waals surface area contributed by atoms with Crippen LogP contribution in [0.25, 0.3) is 0 Å². The molecule has 0 aromatic heterocycles. The van der Waals surface area contributed by atoms with Crippen LogP contribution in [-0.4, -0.2) is 41.3 Å². The lowest BCUT2D eigenvalue weighted by molar-refractivity contribution is -0.387. The number of halogens is 1. The fourth-order valence-electron chi connectivity index (χ4n) is 4.88. The van der Waals surface area contributed by atoms with Crippen LogP contribution in [0, 0.1) is 21.8 Å². The minimum atomic E-state index is -0.968. The molecule has 34 heavy (non-hydrogen) atoms. The van der Waals surface area contributed by atoms with Crippen molar-refractivity contribution in [3.8, 4) is 0 Å². The first kappa shape index (κ1) is 23.8. The summed E-state index contributed by atoms with van der Waals surface area (Å²) in [7, 11) is 2.12. The highest BCUT2D eigenvalue weighted by Crippen LogP contribution is 2.31. The predicted octanol–water partition coefficient (Wildman–Crippen LogP) is 4.49. The molecular formula is C25H29FN4O4. The smallest absolute Gasteiger partial charge is 0.306 e. The predicted molar refractivity (Wildman–Crippen MR) is 127 cm³/mol. The number of amides is 2. The van der Waals surface area contributed by atoms with Crippen LogP contribution >= 0.6 is 0 Å². The molecule has 180 valence electrons. The summed E-state index contributed by atoms with van der Waals surface area (Å²) in [5.41, 5.74) is 1.25. The molecule has 2 aliphatic rings. The summed E-state index contributed by atoms with van der Waals surface area (Å²) in [5, 5.41) is 14.0. The van der Waals surface area contributed by atoms with Gasteiger partial charge in [-0.15, -0.1) is 0 Å². The zero-order valence-corrected chi connectivity index (χ0v) is 19.2. The monoisotopic (exact) mass is 468 g/mol. The summed E-state index contributed by atoms with van der Waals surface area (Å²) >= 11 is 0. The second-order valence-electron chi connectivity index (χ2n) is 9.15. The molecule has 1 heterocycles. The molecule has 1 aliphatic carbocycles. The van der Waals surface area contributed by atoms with Crippen molar-refractivity contribution >= 4 is 28.9 Å². The normalized spacial score (nSPS) is 19.0. The summed E-state index contributed by atoms with van der Waals surface area (Å²) < 4.78 is 13.7. The van der Waals surface area contributed by atoms with Crippen LogP contribution in [0.15, 0.2) is 42.5 Å². The molecule has 0 radical (unpaired) electrons. The number of hydrogen-bond acceptors (Lipinski definition) is 5. The van der Waals surface area contributed by atoms with Crippen molar-refractivity contribution in [2.45, 2.75) is 51.1 Å². The maximum absolute atomic E-state index is 13.7. The largest absolute Gasteiger partial charge is 0.325 e. The van der Waals surface area contributed by atoms with E-state index in [1.807, 2.05) is 24.3 Å². The number of nitro groups is 1. The molecular weight excluding hydrogens is 439 g/mol. The molecule has 1 aliphatic heterocycles. The molecule has 2 amide bonds. The number of hydrogen-bond donors (Lipinski definition) is 1. The first-order valence-electron chi connectivity index (χ1n) is 11.7. The second-order valence-corrected chi connectivity index (χ2v) is 9.15. The minimum absolute atomic E-state index is 0.0127. The van der Waals surface area contributed by atoms with Gasteiger partial charge in [-0.2, -0.15) is 4.39 Å². The van der Waals surface area contributed by atoms with Gasteiger partial charge in [0.25, 0.3) is 0 Å². The molecule has 2 aromatic carbocycles. The van der Waals surface area contributed by atoms with Crippen LogP contribution in [0.1, 0.15) is 44.1 Å². The van der Waals surface area contributed by atoms with Crippen LogP contribution in [0.4, 0.5) is 21.5 Å². The van der Waals surface area contributed by atoms with Gasteiger partial charge in [0.1, 0.15) is 0 Å². The van der Waals surface area contributed by atoms with Gasteiger partial charge in [-0.25, -0.2) is 0 Å². The lowest BCUT2D eigenvalue weighted by Crippen LogP contribution is -2.33. The average molecular weight is 469 g/mol. The molecule has 9 heteroatoms. The summed E-state index contributed by atoms with van der Waals surface area (Å²) in [6.45, 7) is 0.799. The van der Waals surface area contributed by atoms with E-state index in [0.29, 0.717) is 6.04 Å². The van der Waals surface area contributed by atoms with E-state index in [1.165, 1.54) is 43.1 Å². The lowest BCUT2D eigenvalue weighted by Gasteiger charge is -2.31. The maximum atomic E-state index is 13.7. The molecule has 1 N–H and O–H groups in total. The third-order valence-electron chi connectivity index (χ3n) is 6.83. The van der Waals surface area contributed by atoms with Gasteiger partial charge in [0, 0.05) is 37.3 Å². The number of nitrogens with one attached hydrogen (secondary N) is 1. The number of nitrogens with zero attached hydrogens (tertiary/aromatic N) is 3. The Bertz CT molecular complexity index is 1090. The number of para-hydroxylation sites is 1. The molecule has 0 bridgehead atoms. The van der Waals surface area contributed by atoms with E-state index in [4.69, 9.17) is 0 Å². The quantitative estimate of drug-likeness (QED) is 0.477. The first-order chi connectivity index (χ1) is 16.3. The fourth-order valence-corrected chi connectivity index (χ4v) is 4.88. The van der Waals surface area contributed by atoms with Crippen LogP contribution in [0.2, 0.25) is 0 Å². The van der Waals surface area contributed by atoms with Gasteiger partial charge in [-0.05, 0) is 43.7 Å². The number of carbonyl (C=O) groups is 2. The van der Waals surface area contributed by atoms with E-state index in [2.05, 4.69) is 17.3 Å². The molecule has 0 spiro atoms. The molecule has 8 nitrogen and oxygen atoms in total. The Morgan fingerprint density at radius 3 is 2.68 bits per heavy atom. The topological polar surface area (TPSA) is 95.8 Å². The Morgan fingerprint density at radius 2 is 1.94 bits per heavy atom. The summed E-state index contributed by atoms with van der Waals surface area (Å²) in [6, 6.07) is 11.5. The van der Waals surface area contributed by atoms with E-state index in [1.54, 1.807) is 0 Å². The second kappa shape index (κ2) is 10.3. The van der Waals surface area contributed by atoms with Crippen LogP contribution in [-0.2, 0) is 16.1 Å². The van der Waals surface area contributed by atoms with E-state index >= 15 is 0 Å². The zero-order chi connectivity index (χ0) is 24.2. The van der Waals surface area contributed by atoms with E-state index < -0.39 is 22.3 Å². The van der Waals surface area contributed by atoms with Crippen LogP contribution in [0.3, 0.4) is 0 Å². The third kappa shape index (κ3) is 5.25. The van der Waals surface area contributed by atoms with Crippen molar-refractivity contribution < 1.29 is 18.9 Å². The Morgan fingerprint density at radius 1 is 1.21 bits per heavy atom. The van der Waals surface area contributed by atoms with Gasteiger partial charge >= 0.3 is 5.69 Å². The van der Waals surface area contributed by atoms with Crippen molar-refractivity contribution in [2.24, 2.45) is 5.92 Å². The molecule has 4 rings (SSSR count). The van der Waals surface area contributed by atoms with E-state index in [0.717, 1.165) is 29.9 Å².